The highest BCUT2D eigenvalue weighted by Gasteiger charge is 2.44. The predicted molar refractivity (Wildman–Crippen MR) is 95.2 cm³/mol. The van der Waals surface area contributed by atoms with E-state index >= 15 is 0 Å². The van der Waals surface area contributed by atoms with E-state index < -0.39 is 0 Å². The summed E-state index contributed by atoms with van der Waals surface area (Å²) in [4.78, 5) is 7.23. The van der Waals surface area contributed by atoms with Crippen molar-refractivity contribution in [2.24, 2.45) is 5.41 Å². The molecule has 122 valence electrons. The van der Waals surface area contributed by atoms with Crippen molar-refractivity contribution in [2.45, 2.75) is 45.1 Å². The van der Waals surface area contributed by atoms with E-state index in [1.165, 1.54) is 5.56 Å². The highest BCUT2D eigenvalue weighted by molar-refractivity contribution is 6.31. The molecule has 1 aromatic carbocycles. The first kappa shape index (κ1) is 15.2. The van der Waals surface area contributed by atoms with E-state index in [-0.39, 0.29) is 11.5 Å². The summed E-state index contributed by atoms with van der Waals surface area (Å²) < 4.78 is 0. The van der Waals surface area contributed by atoms with Gasteiger partial charge in [0, 0.05) is 28.9 Å². The molecule has 0 bridgehead atoms. The van der Waals surface area contributed by atoms with Crippen LogP contribution in [0.4, 0.5) is 5.82 Å². The van der Waals surface area contributed by atoms with Crippen molar-refractivity contribution in [1.82, 2.24) is 4.98 Å². The van der Waals surface area contributed by atoms with Crippen LogP contribution in [-0.2, 0) is 0 Å². The molecule has 1 saturated carbocycles. The largest absolute Gasteiger partial charge is 0.392 e. The Morgan fingerprint density at radius 2 is 2.09 bits per heavy atom. The highest BCUT2D eigenvalue weighted by Crippen LogP contribution is 2.45. The lowest BCUT2D eigenvalue weighted by Crippen LogP contribution is -2.47. The number of rotatable bonds is 1. The van der Waals surface area contributed by atoms with Crippen LogP contribution in [0.2, 0.25) is 5.02 Å². The maximum Gasteiger partial charge on any atom is 0.129 e. The number of nitrogens with zero attached hydrogens (tertiary/aromatic N) is 2. The van der Waals surface area contributed by atoms with Crippen LogP contribution in [-0.4, -0.2) is 29.3 Å². The third-order valence-electron chi connectivity index (χ3n) is 5.76. The summed E-state index contributed by atoms with van der Waals surface area (Å²) in [5.41, 5.74) is 2.27. The fraction of sp³-hybridized carbons (Fsp3) is 0.526. The second kappa shape index (κ2) is 5.64. The zero-order valence-corrected chi connectivity index (χ0v) is 14.3. The summed E-state index contributed by atoms with van der Waals surface area (Å²) in [5.74, 6) is 1.02. The van der Waals surface area contributed by atoms with Gasteiger partial charge in [0.15, 0.2) is 0 Å². The van der Waals surface area contributed by atoms with E-state index in [0.717, 1.165) is 66.9 Å². The first-order valence-electron chi connectivity index (χ1n) is 8.57. The number of aromatic nitrogens is 1. The molecule has 23 heavy (non-hydrogen) atoms. The lowest BCUT2D eigenvalue weighted by Gasteiger charge is -2.43. The standard InChI is InChI=1S/C19H23ClN2O/c1-13-10-18(21-16-11-14(20)5-6-15(13)16)22-9-3-8-19(12-22)7-2-4-17(19)23/h5-6,10-11,17,23H,2-4,7-9,12H2,1H3/t17-,19-/m1/s1. The van der Waals surface area contributed by atoms with Gasteiger partial charge in [-0.2, -0.15) is 0 Å². The molecule has 2 atom stereocenters. The number of aryl methyl sites for hydroxylation is 1. The van der Waals surface area contributed by atoms with Crippen molar-refractivity contribution in [3.63, 3.8) is 0 Å². The van der Waals surface area contributed by atoms with Crippen molar-refractivity contribution in [2.75, 3.05) is 18.0 Å². The molecule has 0 unspecified atom stereocenters. The Morgan fingerprint density at radius 1 is 1.26 bits per heavy atom. The molecule has 1 N–H and O–H groups in total. The molecular weight excluding hydrogens is 308 g/mol. The molecule has 2 heterocycles. The van der Waals surface area contributed by atoms with Crippen molar-refractivity contribution in [3.8, 4) is 0 Å². The minimum absolute atomic E-state index is 0.0805. The molecule has 4 rings (SSSR count). The topological polar surface area (TPSA) is 36.4 Å². The first-order chi connectivity index (χ1) is 11.1. The quantitative estimate of drug-likeness (QED) is 0.845. The summed E-state index contributed by atoms with van der Waals surface area (Å²) in [6, 6.07) is 8.08. The fourth-order valence-corrected chi connectivity index (χ4v) is 4.64. The average molecular weight is 331 g/mol. The van der Waals surface area contributed by atoms with Crippen LogP contribution in [0.3, 0.4) is 0 Å². The molecule has 1 aliphatic carbocycles. The summed E-state index contributed by atoms with van der Waals surface area (Å²) in [5, 5.41) is 12.4. The van der Waals surface area contributed by atoms with Crippen LogP contribution in [0.1, 0.15) is 37.7 Å². The molecule has 1 saturated heterocycles. The van der Waals surface area contributed by atoms with Gasteiger partial charge in [0.25, 0.3) is 0 Å². The van der Waals surface area contributed by atoms with E-state index in [1.54, 1.807) is 0 Å². The van der Waals surface area contributed by atoms with E-state index in [1.807, 2.05) is 18.2 Å². The number of hydrogen-bond acceptors (Lipinski definition) is 3. The van der Waals surface area contributed by atoms with E-state index in [2.05, 4.69) is 17.9 Å². The number of piperidine rings is 1. The number of pyridine rings is 1. The molecule has 1 aliphatic heterocycles. The molecule has 2 aliphatic rings. The fourth-order valence-electron chi connectivity index (χ4n) is 4.47. The minimum atomic E-state index is -0.152. The molecule has 2 fully saturated rings. The van der Waals surface area contributed by atoms with Gasteiger partial charge < -0.3 is 10.0 Å². The normalized spacial score (nSPS) is 28.0. The first-order valence-corrected chi connectivity index (χ1v) is 8.95. The Morgan fingerprint density at radius 3 is 2.87 bits per heavy atom. The van der Waals surface area contributed by atoms with Gasteiger partial charge in [-0.05, 0) is 56.4 Å². The van der Waals surface area contributed by atoms with Crippen molar-refractivity contribution in [3.05, 3.63) is 34.9 Å². The van der Waals surface area contributed by atoms with Crippen LogP contribution in [0.25, 0.3) is 10.9 Å². The molecule has 0 amide bonds. The summed E-state index contributed by atoms with van der Waals surface area (Å²) in [6.45, 7) is 4.07. The molecule has 3 nitrogen and oxygen atoms in total. The van der Waals surface area contributed by atoms with E-state index in [4.69, 9.17) is 16.6 Å². The lowest BCUT2D eigenvalue weighted by atomic mass is 9.76. The van der Waals surface area contributed by atoms with Crippen LogP contribution in [0, 0.1) is 12.3 Å². The molecule has 4 heteroatoms. The number of benzene rings is 1. The third kappa shape index (κ3) is 2.60. The Balaban J connectivity index is 1.71. The van der Waals surface area contributed by atoms with Crippen LogP contribution in [0.15, 0.2) is 24.3 Å². The van der Waals surface area contributed by atoms with Gasteiger partial charge in [0.05, 0.1) is 11.6 Å². The Labute approximate surface area is 142 Å². The molecule has 0 radical (unpaired) electrons. The highest BCUT2D eigenvalue weighted by atomic mass is 35.5. The number of anilines is 1. The number of aliphatic hydroxyl groups is 1. The summed E-state index contributed by atoms with van der Waals surface area (Å²) in [6.07, 6.45) is 5.36. The maximum absolute atomic E-state index is 10.5. The molecule has 1 spiro atoms. The number of halogens is 1. The van der Waals surface area contributed by atoms with Crippen molar-refractivity contribution in [1.29, 1.82) is 0 Å². The van der Waals surface area contributed by atoms with Gasteiger partial charge in [0.2, 0.25) is 0 Å². The van der Waals surface area contributed by atoms with Gasteiger partial charge in [-0.3, -0.25) is 0 Å². The van der Waals surface area contributed by atoms with E-state index in [0.29, 0.717) is 0 Å². The third-order valence-corrected chi connectivity index (χ3v) is 5.99. The van der Waals surface area contributed by atoms with Gasteiger partial charge in [-0.15, -0.1) is 0 Å². The maximum atomic E-state index is 10.5. The second-order valence-corrected chi connectivity index (χ2v) is 7.69. The van der Waals surface area contributed by atoms with Crippen LogP contribution in [0.5, 0.6) is 0 Å². The Hall–Kier alpha value is -1.32. The number of aliphatic hydroxyl groups excluding tert-OH is 1. The molecule has 2 aromatic rings. The van der Waals surface area contributed by atoms with Crippen molar-refractivity contribution >= 4 is 28.3 Å². The Bertz CT molecular complexity index is 747. The van der Waals surface area contributed by atoms with Gasteiger partial charge in [0.1, 0.15) is 5.82 Å². The number of hydrogen-bond donors (Lipinski definition) is 1. The van der Waals surface area contributed by atoms with Gasteiger partial charge in [-0.25, -0.2) is 4.98 Å². The zero-order chi connectivity index (χ0) is 16.0. The molecular formula is C19H23ClN2O. The Kier molecular flexibility index (Phi) is 3.73. The smallest absolute Gasteiger partial charge is 0.129 e. The van der Waals surface area contributed by atoms with Gasteiger partial charge >= 0.3 is 0 Å². The van der Waals surface area contributed by atoms with E-state index in [9.17, 15) is 5.11 Å². The van der Waals surface area contributed by atoms with Crippen molar-refractivity contribution < 1.29 is 5.11 Å². The van der Waals surface area contributed by atoms with Gasteiger partial charge in [-0.1, -0.05) is 24.1 Å². The number of fused-ring (bicyclic) bond motifs is 1. The lowest BCUT2D eigenvalue weighted by molar-refractivity contribution is 0.0408. The van der Waals surface area contributed by atoms with Crippen LogP contribution >= 0.6 is 11.6 Å². The summed E-state index contributed by atoms with van der Waals surface area (Å²) >= 11 is 6.14. The predicted octanol–water partition coefficient (Wildman–Crippen LogP) is 4.33. The summed E-state index contributed by atoms with van der Waals surface area (Å²) in [7, 11) is 0. The SMILES string of the molecule is Cc1cc(N2CCC[C@]3(CCC[C@H]3O)C2)nc2cc(Cl)ccc12. The molecule has 1 aromatic heterocycles. The minimum Gasteiger partial charge on any atom is -0.392 e. The zero-order valence-electron chi connectivity index (χ0n) is 13.6. The average Bonchev–Trinajstić information content (AvgIpc) is 2.87. The second-order valence-electron chi connectivity index (χ2n) is 7.25. The van der Waals surface area contributed by atoms with Crippen LogP contribution < -0.4 is 4.90 Å². The monoisotopic (exact) mass is 330 g/mol.